The molecule has 0 radical (unpaired) electrons. The fourth-order valence-corrected chi connectivity index (χ4v) is 5.56. The van der Waals surface area contributed by atoms with Crippen LogP contribution in [0.15, 0.2) is 30.0 Å². The molecule has 33 heavy (non-hydrogen) atoms. The van der Waals surface area contributed by atoms with Gasteiger partial charge in [-0.3, -0.25) is 0 Å². The van der Waals surface area contributed by atoms with E-state index in [9.17, 15) is 9.59 Å². The molecule has 1 aromatic carbocycles. The molecule has 3 atom stereocenters. The number of nitrogens with one attached hydrogen (secondary N) is 1. The Morgan fingerprint density at radius 2 is 1.79 bits per heavy atom. The van der Waals surface area contributed by atoms with Crippen LogP contribution in [0.25, 0.3) is 0 Å². The molecule has 0 saturated carbocycles. The fourth-order valence-electron chi connectivity index (χ4n) is 5.56. The Hall–Kier alpha value is -2.10. The Bertz CT molecular complexity index is 842. The summed E-state index contributed by atoms with van der Waals surface area (Å²) in [5.41, 5.74) is 4.60. The first-order valence-electron chi connectivity index (χ1n) is 12.9. The van der Waals surface area contributed by atoms with Gasteiger partial charge in [-0.05, 0) is 78.5 Å². The smallest absolute Gasteiger partial charge is 0.322 e. The summed E-state index contributed by atoms with van der Waals surface area (Å²) in [4.78, 5) is 25.4. The van der Waals surface area contributed by atoms with Gasteiger partial charge in [-0.1, -0.05) is 66.7 Å². The number of hydrogen-bond donors (Lipinski definition) is 1. The third kappa shape index (κ3) is 6.49. The van der Waals surface area contributed by atoms with E-state index < -0.39 is 5.54 Å². The topological polar surface area (TPSA) is 49.4 Å². The quantitative estimate of drug-likeness (QED) is 0.340. The molecule has 2 rings (SSSR count). The van der Waals surface area contributed by atoms with Gasteiger partial charge in [-0.2, -0.15) is 0 Å². The van der Waals surface area contributed by atoms with E-state index in [-0.39, 0.29) is 11.9 Å². The zero-order chi connectivity index (χ0) is 24.8. The van der Waals surface area contributed by atoms with Gasteiger partial charge in [-0.15, -0.1) is 0 Å². The number of rotatable bonds is 12. The molecule has 4 nitrogen and oxygen atoms in total. The van der Waals surface area contributed by atoms with Crippen LogP contribution in [0.1, 0.15) is 104 Å². The zero-order valence-electron chi connectivity index (χ0n) is 22.2. The van der Waals surface area contributed by atoms with Crippen LogP contribution in [0.3, 0.4) is 0 Å². The molecule has 2 amide bonds. The molecule has 1 aliphatic heterocycles. The zero-order valence-corrected chi connectivity index (χ0v) is 22.2. The molecule has 4 heteroatoms. The van der Waals surface area contributed by atoms with Crippen molar-refractivity contribution in [3.63, 3.8) is 0 Å². The van der Waals surface area contributed by atoms with Crippen LogP contribution in [-0.2, 0) is 16.8 Å². The van der Waals surface area contributed by atoms with Crippen LogP contribution in [0.5, 0.6) is 0 Å². The third-order valence-electron chi connectivity index (χ3n) is 7.19. The number of aryl methyl sites for hydroxylation is 1. The van der Waals surface area contributed by atoms with E-state index in [4.69, 9.17) is 0 Å². The lowest BCUT2D eigenvalue weighted by Crippen LogP contribution is -2.54. The van der Waals surface area contributed by atoms with Crippen LogP contribution in [-0.4, -0.2) is 23.8 Å². The Balaban J connectivity index is 2.43. The number of urea groups is 1. The number of hydrogen-bond acceptors (Lipinski definition) is 2. The van der Waals surface area contributed by atoms with Crippen LogP contribution in [0.2, 0.25) is 0 Å². The van der Waals surface area contributed by atoms with Crippen molar-refractivity contribution in [1.29, 1.82) is 0 Å². The summed E-state index contributed by atoms with van der Waals surface area (Å²) in [6.45, 7) is 18.4. The van der Waals surface area contributed by atoms with E-state index >= 15 is 0 Å². The summed E-state index contributed by atoms with van der Waals surface area (Å²) < 4.78 is 0. The van der Waals surface area contributed by atoms with Crippen molar-refractivity contribution in [2.24, 2.45) is 17.8 Å². The van der Waals surface area contributed by atoms with Crippen molar-refractivity contribution in [2.45, 2.75) is 99.0 Å². The van der Waals surface area contributed by atoms with E-state index in [0.29, 0.717) is 24.8 Å². The van der Waals surface area contributed by atoms with Crippen molar-refractivity contribution >= 4 is 12.3 Å². The second-order valence-corrected chi connectivity index (χ2v) is 10.8. The lowest BCUT2D eigenvalue weighted by molar-refractivity contribution is -0.107. The minimum Gasteiger partial charge on any atom is -0.325 e. The van der Waals surface area contributed by atoms with Crippen molar-refractivity contribution in [2.75, 3.05) is 6.54 Å². The molecule has 0 fully saturated rings. The van der Waals surface area contributed by atoms with Gasteiger partial charge in [0, 0.05) is 19.2 Å². The highest BCUT2D eigenvalue weighted by Crippen LogP contribution is 2.39. The maximum Gasteiger partial charge on any atom is 0.322 e. The summed E-state index contributed by atoms with van der Waals surface area (Å²) in [7, 11) is 0. The largest absolute Gasteiger partial charge is 0.325 e. The molecular weight excluding hydrogens is 408 g/mol. The van der Waals surface area contributed by atoms with Gasteiger partial charge in [0.15, 0.2) is 0 Å². The molecule has 1 heterocycles. The summed E-state index contributed by atoms with van der Waals surface area (Å²) in [6, 6.07) is 6.73. The maximum atomic E-state index is 12.9. The molecule has 0 bridgehead atoms. The molecule has 0 saturated heterocycles. The number of carbonyl (C=O) groups excluding carboxylic acids is 2. The highest BCUT2D eigenvalue weighted by molar-refractivity contribution is 5.79. The van der Waals surface area contributed by atoms with Crippen molar-refractivity contribution < 1.29 is 9.59 Å². The Kier molecular flexibility index (Phi) is 9.75. The van der Waals surface area contributed by atoms with Crippen molar-refractivity contribution in [1.82, 2.24) is 10.2 Å². The van der Waals surface area contributed by atoms with Crippen LogP contribution < -0.4 is 5.32 Å². The fraction of sp³-hybridized carbons (Fsp3) is 0.655. The highest BCUT2D eigenvalue weighted by Gasteiger charge is 2.39. The van der Waals surface area contributed by atoms with Crippen LogP contribution >= 0.6 is 0 Å². The normalized spacial score (nSPS) is 20.6. The predicted octanol–water partition coefficient (Wildman–Crippen LogP) is 7.18. The van der Waals surface area contributed by atoms with Gasteiger partial charge >= 0.3 is 6.03 Å². The SMILES string of the molecule is CCc1cc([C@]2(C)NC(=O)N(CCC=O)C=C2C(C)C)ccc1C(CC)CC(C)CC(C)C. The van der Waals surface area contributed by atoms with Crippen molar-refractivity contribution in [3.8, 4) is 0 Å². The van der Waals surface area contributed by atoms with Crippen molar-refractivity contribution in [3.05, 3.63) is 46.7 Å². The van der Waals surface area contributed by atoms with Gasteiger partial charge in [0.2, 0.25) is 0 Å². The van der Waals surface area contributed by atoms with E-state index in [1.165, 1.54) is 29.5 Å². The molecular formula is C29H46N2O2. The van der Waals surface area contributed by atoms with Gasteiger partial charge in [0.25, 0.3) is 0 Å². The summed E-state index contributed by atoms with van der Waals surface area (Å²) in [5.74, 6) is 2.27. The first-order chi connectivity index (χ1) is 15.6. The minimum absolute atomic E-state index is 0.139. The number of aldehydes is 1. The standard InChI is InChI=1S/C29H46N2O2/c1-9-23(17-22(7)16-20(3)4)26-13-12-25(18-24(26)10-2)29(8)27(21(5)6)19-31(14-11-15-32)28(33)30-29/h12-13,15,18-23H,9-11,14,16-17H2,1-8H3,(H,30,33)/t22?,23?,29-/m0/s1. The number of benzene rings is 1. The first-order valence-corrected chi connectivity index (χ1v) is 12.9. The predicted molar refractivity (Wildman–Crippen MR) is 138 cm³/mol. The Morgan fingerprint density at radius 3 is 2.33 bits per heavy atom. The highest BCUT2D eigenvalue weighted by atomic mass is 16.2. The number of carbonyl (C=O) groups is 2. The number of nitrogens with zero attached hydrogens (tertiary/aromatic N) is 1. The lowest BCUT2D eigenvalue weighted by Gasteiger charge is -2.42. The Labute approximate surface area is 202 Å². The average molecular weight is 455 g/mol. The van der Waals surface area contributed by atoms with Gasteiger partial charge in [-0.25, -0.2) is 4.79 Å². The Morgan fingerprint density at radius 1 is 1.09 bits per heavy atom. The van der Waals surface area contributed by atoms with Gasteiger partial charge in [0.1, 0.15) is 6.29 Å². The molecule has 184 valence electrons. The van der Waals surface area contributed by atoms with Gasteiger partial charge in [0.05, 0.1) is 5.54 Å². The molecule has 0 spiro atoms. The molecule has 2 unspecified atom stereocenters. The van der Waals surface area contributed by atoms with E-state index in [1.807, 2.05) is 6.20 Å². The molecule has 0 aromatic heterocycles. The molecule has 1 N–H and O–H groups in total. The summed E-state index contributed by atoms with van der Waals surface area (Å²) in [6.07, 6.45) is 7.78. The summed E-state index contributed by atoms with van der Waals surface area (Å²) in [5, 5.41) is 3.27. The first kappa shape index (κ1) is 27.1. The second-order valence-electron chi connectivity index (χ2n) is 10.8. The summed E-state index contributed by atoms with van der Waals surface area (Å²) >= 11 is 0. The van der Waals surface area contributed by atoms with Crippen LogP contribution in [0.4, 0.5) is 4.79 Å². The third-order valence-corrected chi connectivity index (χ3v) is 7.19. The molecule has 1 aromatic rings. The lowest BCUT2D eigenvalue weighted by atomic mass is 9.76. The van der Waals surface area contributed by atoms with E-state index in [1.54, 1.807) is 4.90 Å². The maximum absolute atomic E-state index is 12.9. The van der Waals surface area contributed by atoms with E-state index in [2.05, 4.69) is 78.9 Å². The minimum atomic E-state index is -0.558. The number of amides is 2. The monoisotopic (exact) mass is 454 g/mol. The van der Waals surface area contributed by atoms with Crippen LogP contribution in [0, 0.1) is 17.8 Å². The van der Waals surface area contributed by atoms with Gasteiger partial charge < -0.3 is 15.0 Å². The molecule has 0 aliphatic carbocycles. The molecule has 1 aliphatic rings. The second kappa shape index (κ2) is 11.9. The average Bonchev–Trinajstić information content (AvgIpc) is 2.75. The van der Waals surface area contributed by atoms with E-state index in [0.717, 1.165) is 30.6 Å².